The molecular formula is C34H38Cl4N6O5. The predicted octanol–water partition coefficient (Wildman–Crippen LogP) is 6.45. The van der Waals surface area contributed by atoms with Crippen LogP contribution in [0.25, 0.3) is 10.9 Å². The molecule has 0 saturated carbocycles. The lowest BCUT2D eigenvalue weighted by atomic mass is 10.1. The maximum Gasteiger partial charge on any atom is 0.319 e. The summed E-state index contributed by atoms with van der Waals surface area (Å²) in [7, 11) is 5.18. The largest absolute Gasteiger partial charge is 0.496 e. The van der Waals surface area contributed by atoms with Gasteiger partial charge in [0.2, 0.25) is 5.91 Å². The highest BCUT2D eigenvalue weighted by Gasteiger charge is 2.22. The molecule has 1 fully saturated rings. The van der Waals surface area contributed by atoms with Gasteiger partial charge in [-0.05, 0) is 56.4 Å². The molecule has 2 heterocycles. The number of anilines is 2. The van der Waals surface area contributed by atoms with Crippen LogP contribution in [0.15, 0.2) is 60.7 Å². The van der Waals surface area contributed by atoms with E-state index in [0.717, 1.165) is 24.2 Å². The quantitative estimate of drug-likeness (QED) is 0.202. The smallest absolute Gasteiger partial charge is 0.319 e. The molecule has 0 atom stereocenters. The number of carbonyl (C=O) groups is 3. The molecule has 262 valence electrons. The second-order valence-electron chi connectivity index (χ2n) is 11.2. The van der Waals surface area contributed by atoms with Gasteiger partial charge in [0.1, 0.15) is 23.6 Å². The van der Waals surface area contributed by atoms with Gasteiger partial charge in [0.05, 0.1) is 24.4 Å². The van der Waals surface area contributed by atoms with E-state index in [1.807, 2.05) is 32.2 Å². The Kier molecular flexibility index (Phi) is 14.2. The molecule has 1 aromatic heterocycles. The molecule has 5 rings (SSSR count). The minimum atomic E-state index is -0.595. The zero-order valence-electron chi connectivity index (χ0n) is 27.4. The fourth-order valence-corrected chi connectivity index (χ4v) is 5.84. The van der Waals surface area contributed by atoms with Gasteiger partial charge in [0.15, 0.2) is 0 Å². The summed E-state index contributed by atoms with van der Waals surface area (Å²) in [5, 5.41) is 6.67. The number of nitrogens with zero attached hydrogens (tertiary/aromatic N) is 4. The highest BCUT2D eigenvalue weighted by atomic mass is 35.5. The molecule has 1 aliphatic heterocycles. The monoisotopic (exact) mass is 750 g/mol. The van der Waals surface area contributed by atoms with Crippen molar-refractivity contribution >= 4 is 88.1 Å². The van der Waals surface area contributed by atoms with E-state index in [2.05, 4.69) is 20.5 Å². The van der Waals surface area contributed by atoms with Crippen molar-refractivity contribution in [2.24, 2.45) is 0 Å². The summed E-state index contributed by atoms with van der Waals surface area (Å²) in [6, 6.07) is 16.8. The third-order valence-electron chi connectivity index (χ3n) is 7.94. The number of ether oxygens (including phenoxy) is 2. The van der Waals surface area contributed by atoms with Gasteiger partial charge >= 0.3 is 6.03 Å². The van der Waals surface area contributed by atoms with Crippen LogP contribution in [0.1, 0.15) is 21.6 Å². The van der Waals surface area contributed by atoms with Crippen LogP contribution in [-0.4, -0.2) is 86.6 Å². The number of hydrogen-bond donors (Lipinski definition) is 2. The van der Waals surface area contributed by atoms with E-state index in [-0.39, 0.29) is 48.9 Å². The molecule has 0 aliphatic carbocycles. The number of aromatic nitrogens is 1. The minimum absolute atomic E-state index is 0. The summed E-state index contributed by atoms with van der Waals surface area (Å²) in [5.74, 6) is 0.697. The number of fused-ring (bicyclic) bond motifs is 1. The highest BCUT2D eigenvalue weighted by Crippen LogP contribution is 2.36. The van der Waals surface area contributed by atoms with Gasteiger partial charge in [0.25, 0.3) is 5.91 Å². The number of para-hydroxylation sites is 1. The molecule has 49 heavy (non-hydrogen) atoms. The Balaban J connectivity index is 0.00000325. The molecule has 2 N–H and O–H groups in total. The number of rotatable bonds is 9. The zero-order valence-corrected chi connectivity index (χ0v) is 30.6. The van der Waals surface area contributed by atoms with Crippen molar-refractivity contribution in [3.8, 4) is 11.5 Å². The van der Waals surface area contributed by atoms with Crippen molar-refractivity contribution in [1.82, 2.24) is 20.1 Å². The van der Waals surface area contributed by atoms with Crippen LogP contribution in [0.4, 0.5) is 16.2 Å². The molecule has 1 saturated heterocycles. The molecular weight excluding hydrogens is 714 g/mol. The summed E-state index contributed by atoms with van der Waals surface area (Å²) in [4.78, 5) is 48.6. The number of piperazine rings is 1. The van der Waals surface area contributed by atoms with Crippen LogP contribution in [0, 0.1) is 6.92 Å². The van der Waals surface area contributed by atoms with Crippen LogP contribution < -0.4 is 25.0 Å². The summed E-state index contributed by atoms with van der Waals surface area (Å²) in [5.41, 5.74) is 3.20. The Labute approximate surface area is 307 Å². The van der Waals surface area contributed by atoms with Gasteiger partial charge < -0.3 is 34.8 Å². The topological polar surface area (TPSA) is 116 Å². The van der Waals surface area contributed by atoms with Gasteiger partial charge in [-0.2, -0.15) is 0 Å². The molecule has 0 bridgehead atoms. The van der Waals surface area contributed by atoms with Crippen LogP contribution >= 0.6 is 48.0 Å². The van der Waals surface area contributed by atoms with Gasteiger partial charge in [-0.25, -0.2) is 9.78 Å². The number of aryl methyl sites for hydroxylation is 1. The highest BCUT2D eigenvalue weighted by molar-refractivity contribution is 6.38. The van der Waals surface area contributed by atoms with Gasteiger partial charge in [0, 0.05) is 72.2 Å². The summed E-state index contributed by atoms with van der Waals surface area (Å²) < 4.78 is 11.6. The molecule has 1 aliphatic rings. The molecule has 0 spiro atoms. The molecule has 0 radical (unpaired) electrons. The standard InChI is InChI=1S/C34H36Cl2N6O5.2ClH/c1-21-17-29(46-4)24-9-6-10-28(32(24)38-21)47-20-25-26(35)11-12-27(31(25)36)41(3)30(43)19-37-34(45)39-23-8-5-7-22(18-23)33(44)42-15-13-40(2)14-16-42;;/h5-12,17-18H,13-16,19-20H2,1-4H3,(H2,37,39,45);2*1H. The number of hydrogen-bond acceptors (Lipinski definition) is 7. The number of amides is 4. The lowest BCUT2D eigenvalue weighted by Crippen LogP contribution is -2.47. The first-order valence-electron chi connectivity index (χ1n) is 15.0. The fraction of sp³-hybridized carbons (Fsp3) is 0.294. The Morgan fingerprint density at radius 3 is 2.39 bits per heavy atom. The summed E-state index contributed by atoms with van der Waals surface area (Å²) in [6.45, 7) is 4.49. The molecule has 3 aromatic carbocycles. The number of carbonyl (C=O) groups excluding carboxylic acids is 3. The lowest BCUT2D eigenvalue weighted by Gasteiger charge is -2.32. The molecule has 15 heteroatoms. The Morgan fingerprint density at radius 2 is 1.67 bits per heavy atom. The summed E-state index contributed by atoms with van der Waals surface area (Å²) >= 11 is 13.3. The van der Waals surface area contributed by atoms with E-state index in [4.69, 9.17) is 32.7 Å². The minimum Gasteiger partial charge on any atom is -0.496 e. The van der Waals surface area contributed by atoms with Crippen molar-refractivity contribution in [3.05, 3.63) is 87.5 Å². The van der Waals surface area contributed by atoms with Crippen LogP contribution in [0.3, 0.4) is 0 Å². The van der Waals surface area contributed by atoms with E-state index in [9.17, 15) is 14.4 Å². The Hall–Kier alpha value is -4.00. The second-order valence-corrected chi connectivity index (χ2v) is 12.0. The Bertz CT molecular complexity index is 1820. The van der Waals surface area contributed by atoms with Crippen LogP contribution in [-0.2, 0) is 11.4 Å². The van der Waals surface area contributed by atoms with Crippen molar-refractivity contribution in [3.63, 3.8) is 0 Å². The predicted molar refractivity (Wildman–Crippen MR) is 199 cm³/mol. The first kappa shape index (κ1) is 39.4. The third-order valence-corrected chi connectivity index (χ3v) is 8.72. The van der Waals surface area contributed by atoms with Crippen molar-refractivity contribution in [2.45, 2.75) is 13.5 Å². The Morgan fingerprint density at radius 1 is 0.959 bits per heavy atom. The number of pyridine rings is 1. The first-order chi connectivity index (χ1) is 22.5. The molecule has 4 amide bonds. The average molecular weight is 753 g/mol. The SMILES string of the molecule is COc1cc(C)nc2c(OCc3c(Cl)ccc(N(C)C(=O)CNC(=O)Nc4cccc(C(=O)N5CCN(C)CC5)c4)c3Cl)cccc12.Cl.Cl. The normalized spacial score (nSPS) is 12.7. The fourth-order valence-electron chi connectivity index (χ4n) is 5.23. The van der Waals surface area contributed by atoms with Crippen molar-refractivity contribution in [2.75, 3.05) is 64.1 Å². The number of likely N-dealkylation sites (N-methyl/N-ethyl adjacent to an activating group) is 2. The number of methoxy groups -OCH3 is 1. The molecule has 11 nitrogen and oxygen atoms in total. The second kappa shape index (κ2) is 17.6. The number of urea groups is 1. The van der Waals surface area contributed by atoms with E-state index >= 15 is 0 Å². The van der Waals surface area contributed by atoms with E-state index in [1.165, 1.54) is 4.90 Å². The van der Waals surface area contributed by atoms with Gasteiger partial charge in [-0.15, -0.1) is 24.8 Å². The van der Waals surface area contributed by atoms with E-state index in [1.54, 1.807) is 61.5 Å². The maximum atomic E-state index is 13.1. The summed E-state index contributed by atoms with van der Waals surface area (Å²) in [6.07, 6.45) is 0. The third kappa shape index (κ3) is 9.37. The number of halogens is 4. The first-order valence-corrected chi connectivity index (χ1v) is 15.7. The number of benzene rings is 3. The van der Waals surface area contributed by atoms with Gasteiger partial charge in [-0.3, -0.25) is 9.59 Å². The van der Waals surface area contributed by atoms with Crippen molar-refractivity contribution < 1.29 is 23.9 Å². The molecule has 4 aromatic rings. The van der Waals surface area contributed by atoms with Crippen LogP contribution in [0.2, 0.25) is 10.0 Å². The maximum absolute atomic E-state index is 13.1. The average Bonchev–Trinajstić information content (AvgIpc) is 3.06. The van der Waals surface area contributed by atoms with Crippen molar-refractivity contribution in [1.29, 1.82) is 0 Å². The number of nitrogens with one attached hydrogen (secondary N) is 2. The van der Waals surface area contributed by atoms with E-state index in [0.29, 0.717) is 57.6 Å². The van der Waals surface area contributed by atoms with Crippen LogP contribution in [0.5, 0.6) is 11.5 Å². The van der Waals surface area contributed by atoms with E-state index < -0.39 is 11.9 Å². The van der Waals surface area contributed by atoms with Gasteiger partial charge in [-0.1, -0.05) is 35.3 Å². The zero-order chi connectivity index (χ0) is 33.7. The molecule has 0 unspecified atom stereocenters. The lowest BCUT2D eigenvalue weighted by molar-refractivity contribution is -0.117.